The lowest BCUT2D eigenvalue weighted by Gasteiger charge is -2.42. The molecule has 0 aromatic heterocycles. The summed E-state index contributed by atoms with van der Waals surface area (Å²) in [6, 6.07) is 0. The van der Waals surface area contributed by atoms with Crippen molar-refractivity contribution in [3.05, 3.63) is 0 Å². The van der Waals surface area contributed by atoms with Crippen LogP contribution in [0.15, 0.2) is 0 Å². The molecule has 4 rings (SSSR count). The molecule has 0 bridgehead atoms. The van der Waals surface area contributed by atoms with E-state index in [1.54, 1.807) is 0 Å². The van der Waals surface area contributed by atoms with Crippen LogP contribution in [0.3, 0.4) is 0 Å². The number of piperazine rings is 2. The number of carbonyl (C=O) groups excluding carboxylic acids is 2. The Bertz CT molecular complexity index is 470. The Balaban J connectivity index is 1.18. The van der Waals surface area contributed by atoms with Gasteiger partial charge >= 0.3 is 0 Å². The predicted octanol–water partition coefficient (Wildman–Crippen LogP) is 0.672. The van der Waals surface area contributed by atoms with E-state index in [1.807, 2.05) is 9.80 Å². The molecule has 0 N–H and O–H groups in total. The van der Waals surface area contributed by atoms with Crippen LogP contribution in [-0.2, 0) is 9.59 Å². The Hall–Kier alpha value is -1.14. The average molecular weight is 365 g/mol. The van der Waals surface area contributed by atoms with Gasteiger partial charge in [0.2, 0.25) is 11.8 Å². The first-order chi connectivity index (χ1) is 12.6. The van der Waals surface area contributed by atoms with Crippen molar-refractivity contribution in [3.8, 4) is 0 Å². The van der Waals surface area contributed by atoms with Gasteiger partial charge in [0.05, 0.1) is 78.5 Å². The molecule has 4 aliphatic heterocycles. The van der Waals surface area contributed by atoms with Crippen molar-refractivity contribution in [2.45, 2.75) is 38.5 Å². The van der Waals surface area contributed by atoms with Crippen LogP contribution in [0.1, 0.15) is 38.5 Å². The maximum atomic E-state index is 12.5. The largest absolute Gasteiger partial charge is 0.331 e. The molecule has 26 heavy (non-hydrogen) atoms. The number of rotatable bonds is 3. The van der Waals surface area contributed by atoms with E-state index in [1.165, 1.54) is 60.8 Å². The minimum absolute atomic E-state index is 0.190. The molecule has 4 heterocycles. The zero-order valence-electron chi connectivity index (χ0n) is 16.3. The summed E-state index contributed by atoms with van der Waals surface area (Å²) in [4.78, 5) is 29.1. The quantitative estimate of drug-likeness (QED) is 0.691. The van der Waals surface area contributed by atoms with Gasteiger partial charge in [0.15, 0.2) is 0 Å². The van der Waals surface area contributed by atoms with Gasteiger partial charge in [-0.05, 0) is 0 Å². The van der Waals surface area contributed by atoms with E-state index in [0.717, 1.165) is 52.4 Å². The van der Waals surface area contributed by atoms with Gasteiger partial charge < -0.3 is 18.8 Å². The second-order valence-electron chi connectivity index (χ2n) is 9.15. The summed E-state index contributed by atoms with van der Waals surface area (Å²) in [5, 5.41) is 0. The Kier molecular flexibility index (Phi) is 5.24. The monoisotopic (exact) mass is 364 g/mol. The first-order valence-corrected chi connectivity index (χ1v) is 10.9. The highest BCUT2D eigenvalue weighted by Gasteiger charge is 2.38. The molecule has 4 saturated heterocycles. The molecule has 0 unspecified atom stereocenters. The highest BCUT2D eigenvalue weighted by atomic mass is 16.2. The van der Waals surface area contributed by atoms with Crippen LogP contribution >= 0.6 is 0 Å². The van der Waals surface area contributed by atoms with E-state index >= 15 is 0 Å². The second-order valence-corrected chi connectivity index (χ2v) is 9.15. The van der Waals surface area contributed by atoms with Crippen LogP contribution in [0.2, 0.25) is 0 Å². The van der Waals surface area contributed by atoms with E-state index in [2.05, 4.69) is 0 Å². The van der Waals surface area contributed by atoms with E-state index < -0.39 is 0 Å². The van der Waals surface area contributed by atoms with E-state index in [9.17, 15) is 9.59 Å². The van der Waals surface area contributed by atoms with Gasteiger partial charge in [-0.1, -0.05) is 0 Å². The first kappa shape index (κ1) is 18.2. The molecule has 0 saturated carbocycles. The number of carbonyl (C=O) groups is 2. The third kappa shape index (κ3) is 3.77. The fourth-order valence-corrected chi connectivity index (χ4v) is 5.71. The van der Waals surface area contributed by atoms with Crippen LogP contribution in [0.25, 0.3) is 0 Å². The third-order valence-corrected chi connectivity index (χ3v) is 7.67. The zero-order valence-corrected chi connectivity index (χ0v) is 16.3. The van der Waals surface area contributed by atoms with Crippen LogP contribution in [-0.4, -0.2) is 109 Å². The Labute approximate surface area is 157 Å². The zero-order chi connectivity index (χ0) is 18.0. The van der Waals surface area contributed by atoms with E-state index in [0.29, 0.717) is 12.8 Å². The van der Waals surface area contributed by atoms with Crippen molar-refractivity contribution in [2.24, 2.45) is 0 Å². The maximum Gasteiger partial charge on any atom is 0.223 e. The number of amides is 2. The summed E-state index contributed by atoms with van der Waals surface area (Å²) in [5.74, 6) is 0.380. The van der Waals surface area contributed by atoms with Crippen molar-refractivity contribution in [1.82, 2.24) is 9.80 Å². The summed E-state index contributed by atoms with van der Waals surface area (Å²) >= 11 is 0. The molecule has 0 atom stereocenters. The second kappa shape index (κ2) is 7.47. The van der Waals surface area contributed by atoms with Crippen molar-refractivity contribution in [3.63, 3.8) is 0 Å². The Morgan fingerprint density at radius 2 is 0.846 bits per heavy atom. The SMILES string of the molecule is O=C(CCC(=O)N1CC[N+]2(CCCC2)CC1)N1CC[N+]2(CCCC2)CC1. The first-order valence-electron chi connectivity index (χ1n) is 10.9. The fourth-order valence-electron chi connectivity index (χ4n) is 5.71. The van der Waals surface area contributed by atoms with Crippen LogP contribution in [0, 0.1) is 0 Å². The van der Waals surface area contributed by atoms with Crippen molar-refractivity contribution < 1.29 is 18.6 Å². The van der Waals surface area contributed by atoms with Gasteiger partial charge in [-0.25, -0.2) is 0 Å². The fraction of sp³-hybridized carbons (Fsp3) is 0.900. The highest BCUT2D eigenvalue weighted by Crippen LogP contribution is 2.24. The lowest BCUT2D eigenvalue weighted by Crippen LogP contribution is -2.59. The van der Waals surface area contributed by atoms with Crippen molar-refractivity contribution in [1.29, 1.82) is 0 Å². The van der Waals surface area contributed by atoms with Gasteiger partial charge in [0.1, 0.15) is 0 Å². The average Bonchev–Trinajstić information content (AvgIpc) is 3.31. The molecule has 146 valence electrons. The van der Waals surface area contributed by atoms with Gasteiger partial charge in [0.25, 0.3) is 0 Å². The minimum Gasteiger partial charge on any atom is -0.331 e. The molecule has 6 nitrogen and oxygen atoms in total. The van der Waals surface area contributed by atoms with Crippen LogP contribution < -0.4 is 0 Å². The lowest BCUT2D eigenvalue weighted by atomic mass is 10.2. The molecule has 0 radical (unpaired) electrons. The van der Waals surface area contributed by atoms with Gasteiger partial charge in [-0.3, -0.25) is 9.59 Å². The van der Waals surface area contributed by atoms with Crippen LogP contribution in [0.4, 0.5) is 0 Å². The van der Waals surface area contributed by atoms with Crippen molar-refractivity contribution >= 4 is 11.8 Å². The van der Waals surface area contributed by atoms with Gasteiger partial charge in [-0.2, -0.15) is 0 Å². The standard InChI is InChI=1S/C20H36N4O2/c25-19(21-7-15-23(16-8-21)11-1-2-12-23)5-6-20(26)22-9-17-24(18-10-22)13-3-4-14-24/h1-18H2/q+2. The van der Waals surface area contributed by atoms with Gasteiger partial charge in [-0.15, -0.1) is 0 Å². The summed E-state index contributed by atoms with van der Waals surface area (Å²) in [5.41, 5.74) is 0. The number of hydrogen-bond donors (Lipinski definition) is 0. The molecule has 0 aromatic rings. The summed E-state index contributed by atoms with van der Waals surface area (Å²) in [6.45, 7) is 13.2. The molecular weight excluding hydrogens is 328 g/mol. The van der Waals surface area contributed by atoms with E-state index in [-0.39, 0.29) is 11.8 Å². The highest BCUT2D eigenvalue weighted by molar-refractivity contribution is 5.84. The number of hydrogen-bond acceptors (Lipinski definition) is 2. The molecule has 2 amide bonds. The maximum absolute atomic E-state index is 12.5. The molecule has 6 heteroatoms. The van der Waals surface area contributed by atoms with Gasteiger partial charge in [0, 0.05) is 38.5 Å². The Morgan fingerprint density at radius 3 is 1.15 bits per heavy atom. The topological polar surface area (TPSA) is 40.6 Å². The molecule has 0 aliphatic carbocycles. The number of quaternary nitrogens is 2. The summed E-state index contributed by atoms with van der Waals surface area (Å²) in [6.07, 6.45) is 6.18. The lowest BCUT2D eigenvalue weighted by molar-refractivity contribution is -0.920. The molecule has 4 aliphatic rings. The normalized spacial score (nSPS) is 27.4. The summed E-state index contributed by atoms with van der Waals surface area (Å²) < 4.78 is 2.47. The third-order valence-electron chi connectivity index (χ3n) is 7.67. The molecule has 2 spiro atoms. The predicted molar refractivity (Wildman–Crippen MR) is 100 cm³/mol. The minimum atomic E-state index is 0.190. The molecule has 0 aromatic carbocycles. The molecule has 4 fully saturated rings. The number of nitrogens with zero attached hydrogens (tertiary/aromatic N) is 4. The smallest absolute Gasteiger partial charge is 0.223 e. The van der Waals surface area contributed by atoms with E-state index in [4.69, 9.17) is 0 Å². The molecular formula is C20H36N4O2+2. The van der Waals surface area contributed by atoms with Crippen molar-refractivity contribution in [2.75, 3.05) is 78.5 Å². The van der Waals surface area contributed by atoms with Crippen LogP contribution in [0.5, 0.6) is 0 Å². The Morgan fingerprint density at radius 1 is 0.538 bits per heavy atom. The summed E-state index contributed by atoms with van der Waals surface area (Å²) in [7, 11) is 0.